The molecule has 0 spiro atoms. The Hall–Kier alpha value is -3.58. The van der Waals surface area contributed by atoms with Crippen LogP contribution in [0.5, 0.6) is 0 Å². The zero-order valence-corrected chi connectivity index (χ0v) is 16.2. The van der Waals surface area contributed by atoms with E-state index in [1.807, 2.05) is 31.2 Å². The highest BCUT2D eigenvalue weighted by atomic mass is 19.2. The van der Waals surface area contributed by atoms with Crippen molar-refractivity contribution in [3.8, 4) is 11.1 Å². The summed E-state index contributed by atoms with van der Waals surface area (Å²) < 4.78 is 27.7. The molecule has 0 aliphatic heterocycles. The molecule has 0 bridgehead atoms. The number of hydrogen-bond acceptors (Lipinski definition) is 3. The summed E-state index contributed by atoms with van der Waals surface area (Å²) in [7, 11) is 0. The van der Waals surface area contributed by atoms with Crippen molar-refractivity contribution in [2.75, 3.05) is 6.54 Å². The lowest BCUT2D eigenvalue weighted by atomic mass is 10.0. The zero-order valence-electron chi connectivity index (χ0n) is 16.2. The van der Waals surface area contributed by atoms with E-state index in [2.05, 4.69) is 15.5 Å². The summed E-state index contributed by atoms with van der Waals surface area (Å²) in [4.78, 5) is 12.8. The number of benzene rings is 3. The van der Waals surface area contributed by atoms with Gasteiger partial charge in [0, 0.05) is 23.1 Å². The maximum Gasteiger partial charge on any atom is 0.251 e. The fourth-order valence-electron chi connectivity index (χ4n) is 3.46. The van der Waals surface area contributed by atoms with Crippen LogP contribution < -0.4 is 11.1 Å². The molecular formula is C23H20F2N4O. The van der Waals surface area contributed by atoms with Gasteiger partial charge in [-0.25, -0.2) is 8.78 Å². The first kappa shape index (κ1) is 19.7. The van der Waals surface area contributed by atoms with Gasteiger partial charge in [0.2, 0.25) is 0 Å². The molecule has 4 aromatic rings. The molecule has 0 aliphatic rings. The monoisotopic (exact) mass is 406 g/mol. The molecule has 5 nitrogen and oxygen atoms in total. The van der Waals surface area contributed by atoms with Gasteiger partial charge in [-0.05, 0) is 48.4 Å². The van der Waals surface area contributed by atoms with E-state index >= 15 is 0 Å². The molecule has 4 rings (SSSR count). The standard InChI is InChI=1S/C23H20F2N4O/c1-13-18-11-15(8-9-20(18)29-28-13)14-4-2-5-16(10-14)23(30)27-21(12-26)17-6-3-7-19(24)22(17)25/h2-11,21H,12,26H2,1H3,(H,27,30)(H,28,29). The van der Waals surface area contributed by atoms with Crippen LogP contribution in [0.25, 0.3) is 22.0 Å². The summed E-state index contributed by atoms with van der Waals surface area (Å²) >= 11 is 0. The van der Waals surface area contributed by atoms with Crippen LogP contribution in [-0.4, -0.2) is 22.6 Å². The number of aryl methyl sites for hydroxylation is 1. The lowest BCUT2D eigenvalue weighted by molar-refractivity contribution is 0.0937. The molecule has 152 valence electrons. The van der Waals surface area contributed by atoms with Crippen LogP contribution in [0.1, 0.15) is 27.7 Å². The fourth-order valence-corrected chi connectivity index (χ4v) is 3.46. The number of nitrogens with zero attached hydrogens (tertiary/aromatic N) is 1. The van der Waals surface area contributed by atoms with Gasteiger partial charge in [0.05, 0.1) is 17.3 Å². The number of aromatic amines is 1. The average molecular weight is 406 g/mol. The van der Waals surface area contributed by atoms with Crippen LogP contribution in [0.3, 0.4) is 0 Å². The largest absolute Gasteiger partial charge is 0.344 e. The van der Waals surface area contributed by atoms with E-state index in [1.54, 1.807) is 18.2 Å². The Balaban J connectivity index is 1.61. The van der Waals surface area contributed by atoms with E-state index in [9.17, 15) is 13.6 Å². The highest BCUT2D eigenvalue weighted by Gasteiger charge is 2.20. The molecule has 0 saturated carbocycles. The van der Waals surface area contributed by atoms with E-state index < -0.39 is 23.6 Å². The number of fused-ring (bicyclic) bond motifs is 1. The van der Waals surface area contributed by atoms with E-state index in [1.165, 1.54) is 12.1 Å². The SMILES string of the molecule is Cc1n[nH]c2ccc(-c3cccc(C(=O)NC(CN)c4cccc(F)c4F)c3)cc12. The van der Waals surface area contributed by atoms with Gasteiger partial charge in [-0.15, -0.1) is 0 Å². The van der Waals surface area contributed by atoms with Crippen LogP contribution in [0.2, 0.25) is 0 Å². The molecule has 7 heteroatoms. The third-order valence-corrected chi connectivity index (χ3v) is 5.11. The van der Waals surface area contributed by atoms with E-state index in [4.69, 9.17) is 5.73 Å². The second kappa shape index (κ2) is 8.04. The highest BCUT2D eigenvalue weighted by Crippen LogP contribution is 2.26. The summed E-state index contributed by atoms with van der Waals surface area (Å²) in [6.07, 6.45) is 0. The van der Waals surface area contributed by atoms with Crippen LogP contribution in [0.4, 0.5) is 8.78 Å². The molecule has 3 aromatic carbocycles. The third-order valence-electron chi connectivity index (χ3n) is 5.11. The number of H-pyrrole nitrogens is 1. The van der Waals surface area contributed by atoms with Crippen molar-refractivity contribution in [3.05, 3.63) is 89.1 Å². The van der Waals surface area contributed by atoms with Crippen LogP contribution in [0.15, 0.2) is 60.7 Å². The van der Waals surface area contributed by atoms with Crippen LogP contribution >= 0.6 is 0 Å². The van der Waals surface area contributed by atoms with Gasteiger partial charge in [-0.1, -0.05) is 30.3 Å². The second-order valence-electron chi connectivity index (χ2n) is 7.05. The van der Waals surface area contributed by atoms with Gasteiger partial charge in [-0.3, -0.25) is 9.89 Å². The first-order valence-electron chi connectivity index (χ1n) is 9.48. The average Bonchev–Trinajstić information content (AvgIpc) is 3.14. The van der Waals surface area contributed by atoms with Gasteiger partial charge >= 0.3 is 0 Å². The predicted octanol–water partition coefficient (Wildman–Crippen LogP) is 4.25. The van der Waals surface area contributed by atoms with Crippen molar-refractivity contribution in [2.45, 2.75) is 13.0 Å². The Morgan fingerprint density at radius 2 is 1.87 bits per heavy atom. The molecule has 0 saturated heterocycles. The van der Waals surface area contributed by atoms with Crippen molar-refractivity contribution in [1.82, 2.24) is 15.5 Å². The van der Waals surface area contributed by atoms with Crippen molar-refractivity contribution in [3.63, 3.8) is 0 Å². The van der Waals surface area contributed by atoms with Crippen molar-refractivity contribution in [1.29, 1.82) is 0 Å². The molecule has 0 fully saturated rings. The Morgan fingerprint density at radius 3 is 2.67 bits per heavy atom. The van der Waals surface area contributed by atoms with Crippen molar-refractivity contribution in [2.24, 2.45) is 5.73 Å². The second-order valence-corrected chi connectivity index (χ2v) is 7.05. The van der Waals surface area contributed by atoms with E-state index in [0.29, 0.717) is 5.56 Å². The van der Waals surface area contributed by atoms with Gasteiger partial charge in [0.25, 0.3) is 5.91 Å². The Kier molecular flexibility index (Phi) is 5.29. The van der Waals surface area contributed by atoms with Gasteiger partial charge < -0.3 is 11.1 Å². The fraction of sp³-hybridized carbons (Fsp3) is 0.130. The molecule has 1 heterocycles. The van der Waals surface area contributed by atoms with Gasteiger partial charge in [0.1, 0.15) is 0 Å². The first-order valence-corrected chi connectivity index (χ1v) is 9.48. The smallest absolute Gasteiger partial charge is 0.251 e. The Bertz CT molecular complexity index is 1240. The molecule has 1 unspecified atom stereocenters. The number of nitrogens with two attached hydrogens (primary N) is 1. The van der Waals surface area contributed by atoms with Crippen LogP contribution in [0, 0.1) is 18.6 Å². The first-order chi connectivity index (χ1) is 14.5. The maximum absolute atomic E-state index is 14.1. The van der Waals surface area contributed by atoms with Crippen molar-refractivity contribution < 1.29 is 13.6 Å². The molecule has 4 N–H and O–H groups in total. The molecule has 1 aromatic heterocycles. The summed E-state index contributed by atoms with van der Waals surface area (Å²) in [6.45, 7) is 1.85. The number of halogens is 2. The third kappa shape index (κ3) is 3.67. The zero-order chi connectivity index (χ0) is 21.3. The summed E-state index contributed by atoms with van der Waals surface area (Å²) in [5.74, 6) is -2.41. The number of rotatable bonds is 5. The summed E-state index contributed by atoms with van der Waals surface area (Å²) in [5.41, 5.74) is 9.75. The quantitative estimate of drug-likeness (QED) is 0.463. The predicted molar refractivity (Wildman–Crippen MR) is 112 cm³/mol. The Labute approximate surface area is 171 Å². The number of nitrogens with one attached hydrogen (secondary N) is 2. The summed E-state index contributed by atoms with van der Waals surface area (Å²) in [6, 6.07) is 16.0. The normalized spacial score (nSPS) is 12.1. The molecule has 1 amide bonds. The molecule has 0 radical (unpaired) electrons. The highest BCUT2D eigenvalue weighted by molar-refractivity contribution is 5.96. The van der Waals surface area contributed by atoms with E-state index in [0.717, 1.165) is 33.8 Å². The number of amides is 1. The minimum atomic E-state index is -1.01. The molecular weight excluding hydrogens is 386 g/mol. The number of carbonyl (C=O) groups excluding carboxylic acids is 1. The van der Waals surface area contributed by atoms with E-state index in [-0.39, 0.29) is 12.1 Å². The lowest BCUT2D eigenvalue weighted by Gasteiger charge is -2.18. The lowest BCUT2D eigenvalue weighted by Crippen LogP contribution is -2.34. The van der Waals surface area contributed by atoms with Crippen molar-refractivity contribution >= 4 is 16.8 Å². The maximum atomic E-state index is 14.1. The molecule has 0 aliphatic carbocycles. The number of hydrogen-bond donors (Lipinski definition) is 3. The minimum absolute atomic E-state index is 0.0166. The Morgan fingerprint density at radius 1 is 1.10 bits per heavy atom. The minimum Gasteiger partial charge on any atom is -0.344 e. The number of carbonyl (C=O) groups is 1. The number of aromatic nitrogens is 2. The molecule has 1 atom stereocenters. The summed E-state index contributed by atoms with van der Waals surface area (Å²) in [5, 5.41) is 10.9. The van der Waals surface area contributed by atoms with Gasteiger partial charge in [0.15, 0.2) is 11.6 Å². The topological polar surface area (TPSA) is 83.8 Å². The van der Waals surface area contributed by atoms with Crippen LogP contribution in [-0.2, 0) is 0 Å². The van der Waals surface area contributed by atoms with Gasteiger partial charge in [-0.2, -0.15) is 5.10 Å². The molecule has 30 heavy (non-hydrogen) atoms.